The summed E-state index contributed by atoms with van der Waals surface area (Å²) in [6.45, 7) is 1.03. The lowest BCUT2D eigenvalue weighted by Crippen LogP contribution is -2.37. The van der Waals surface area contributed by atoms with Crippen molar-refractivity contribution in [3.63, 3.8) is 0 Å². The second-order valence-corrected chi connectivity index (χ2v) is 5.07. The van der Waals surface area contributed by atoms with Gasteiger partial charge in [-0.2, -0.15) is 13.2 Å². The van der Waals surface area contributed by atoms with Gasteiger partial charge >= 0.3 is 6.18 Å². The van der Waals surface area contributed by atoms with Crippen molar-refractivity contribution in [3.05, 3.63) is 29.8 Å². The lowest BCUT2D eigenvalue weighted by molar-refractivity contribution is -0.137. The van der Waals surface area contributed by atoms with Crippen molar-refractivity contribution < 1.29 is 27.6 Å². The zero-order valence-electron chi connectivity index (χ0n) is 13.2. The van der Waals surface area contributed by atoms with Gasteiger partial charge in [-0.05, 0) is 12.1 Å². The molecule has 0 heterocycles. The van der Waals surface area contributed by atoms with Crippen LogP contribution in [0.15, 0.2) is 24.3 Å². The number of nitrogens with zero attached hydrogens (tertiary/aromatic N) is 1. The van der Waals surface area contributed by atoms with Gasteiger partial charge in [-0.25, -0.2) is 0 Å². The van der Waals surface area contributed by atoms with Gasteiger partial charge in [0.25, 0.3) is 0 Å². The maximum atomic E-state index is 12.8. The lowest BCUT2D eigenvalue weighted by Gasteiger charge is -2.18. The van der Waals surface area contributed by atoms with Gasteiger partial charge < -0.3 is 15.5 Å². The Morgan fingerprint density at radius 2 is 1.79 bits per heavy atom. The molecule has 0 radical (unpaired) electrons. The first-order valence-corrected chi connectivity index (χ1v) is 7.05. The molecule has 0 aliphatic rings. The molecule has 0 aromatic heterocycles. The summed E-state index contributed by atoms with van der Waals surface area (Å²) in [5.74, 6) is -1.45. The molecule has 0 spiro atoms. The molecule has 1 aromatic rings. The zero-order chi connectivity index (χ0) is 18.3. The van der Waals surface area contributed by atoms with Gasteiger partial charge in [0, 0.05) is 26.9 Å². The van der Waals surface area contributed by atoms with Crippen LogP contribution < -0.4 is 10.6 Å². The van der Waals surface area contributed by atoms with E-state index in [1.165, 1.54) is 26.1 Å². The fourth-order valence-electron chi connectivity index (χ4n) is 1.87. The molecular weight excluding hydrogens is 327 g/mol. The topological polar surface area (TPSA) is 78.5 Å². The standard InChI is InChI=1S/C15H18F3N3O3/c1-10(22)19-8-7-14(24)21(2)9-13(23)20-12-6-4-3-5-11(12)15(16,17)18/h3-6H,7-9H2,1-2H3,(H,19,22)(H,20,23). The Morgan fingerprint density at radius 1 is 1.17 bits per heavy atom. The SMILES string of the molecule is CC(=O)NCCC(=O)N(C)CC(=O)Nc1ccccc1C(F)(F)F. The van der Waals surface area contributed by atoms with E-state index in [0.717, 1.165) is 17.0 Å². The van der Waals surface area contributed by atoms with E-state index < -0.39 is 30.1 Å². The average Bonchev–Trinajstić information content (AvgIpc) is 2.45. The normalized spacial score (nSPS) is 10.9. The first-order chi connectivity index (χ1) is 11.1. The summed E-state index contributed by atoms with van der Waals surface area (Å²) in [5, 5.41) is 4.59. The lowest BCUT2D eigenvalue weighted by atomic mass is 10.1. The van der Waals surface area contributed by atoms with Gasteiger partial charge in [0.2, 0.25) is 17.7 Å². The molecule has 6 nitrogen and oxygen atoms in total. The summed E-state index contributed by atoms with van der Waals surface area (Å²) in [6, 6.07) is 4.58. The molecule has 1 rings (SSSR count). The van der Waals surface area contributed by atoms with Crippen LogP contribution in [0, 0.1) is 0 Å². The quantitative estimate of drug-likeness (QED) is 0.823. The van der Waals surface area contributed by atoms with E-state index in [-0.39, 0.29) is 24.6 Å². The number of carbonyl (C=O) groups excluding carboxylic acids is 3. The van der Waals surface area contributed by atoms with Crippen LogP contribution in [0.5, 0.6) is 0 Å². The number of anilines is 1. The third-order valence-corrected chi connectivity index (χ3v) is 3.03. The number of amides is 3. The third-order valence-electron chi connectivity index (χ3n) is 3.03. The minimum atomic E-state index is -4.59. The van der Waals surface area contributed by atoms with E-state index in [2.05, 4.69) is 10.6 Å². The number of rotatable bonds is 6. The number of carbonyl (C=O) groups is 3. The van der Waals surface area contributed by atoms with Gasteiger partial charge in [-0.15, -0.1) is 0 Å². The number of likely N-dealkylation sites (N-methyl/N-ethyl adjacent to an activating group) is 1. The smallest absolute Gasteiger partial charge is 0.356 e. The van der Waals surface area contributed by atoms with E-state index in [0.29, 0.717) is 0 Å². The molecule has 9 heteroatoms. The summed E-state index contributed by atoms with van der Waals surface area (Å²) in [5.41, 5.74) is -1.33. The summed E-state index contributed by atoms with van der Waals surface area (Å²) in [6.07, 6.45) is -4.60. The maximum Gasteiger partial charge on any atom is 0.418 e. The van der Waals surface area contributed by atoms with Gasteiger partial charge in [-0.1, -0.05) is 12.1 Å². The summed E-state index contributed by atoms with van der Waals surface area (Å²) in [4.78, 5) is 35.4. The minimum absolute atomic E-state index is 0.0114. The zero-order valence-corrected chi connectivity index (χ0v) is 13.2. The fraction of sp³-hybridized carbons (Fsp3) is 0.400. The molecular formula is C15H18F3N3O3. The van der Waals surface area contributed by atoms with E-state index in [9.17, 15) is 27.6 Å². The minimum Gasteiger partial charge on any atom is -0.356 e. The molecule has 3 amide bonds. The number of alkyl halides is 3. The van der Waals surface area contributed by atoms with E-state index in [4.69, 9.17) is 0 Å². The van der Waals surface area contributed by atoms with Gasteiger partial charge in [0.05, 0.1) is 17.8 Å². The van der Waals surface area contributed by atoms with Crippen molar-refractivity contribution in [2.45, 2.75) is 19.5 Å². The number of para-hydroxylation sites is 1. The molecule has 132 valence electrons. The van der Waals surface area contributed by atoms with Crippen LogP contribution in [-0.2, 0) is 20.6 Å². The molecule has 2 N–H and O–H groups in total. The van der Waals surface area contributed by atoms with Crippen molar-refractivity contribution in [1.29, 1.82) is 0 Å². The Labute approximate surface area is 137 Å². The molecule has 24 heavy (non-hydrogen) atoms. The monoisotopic (exact) mass is 345 g/mol. The van der Waals surface area contributed by atoms with Crippen molar-refractivity contribution in [2.75, 3.05) is 25.5 Å². The van der Waals surface area contributed by atoms with Crippen LogP contribution in [0.1, 0.15) is 18.9 Å². The third kappa shape index (κ3) is 6.27. The van der Waals surface area contributed by atoms with Crippen molar-refractivity contribution in [2.24, 2.45) is 0 Å². The van der Waals surface area contributed by atoms with Crippen LogP contribution in [0.3, 0.4) is 0 Å². The van der Waals surface area contributed by atoms with Gasteiger partial charge in [0.1, 0.15) is 0 Å². The Morgan fingerprint density at radius 3 is 2.38 bits per heavy atom. The summed E-state index contributed by atoms with van der Waals surface area (Å²) in [7, 11) is 1.35. The average molecular weight is 345 g/mol. The van der Waals surface area contributed by atoms with E-state index >= 15 is 0 Å². The predicted molar refractivity (Wildman–Crippen MR) is 81.0 cm³/mol. The fourth-order valence-corrected chi connectivity index (χ4v) is 1.87. The van der Waals surface area contributed by atoms with Crippen LogP contribution in [0.2, 0.25) is 0 Å². The number of nitrogens with one attached hydrogen (secondary N) is 2. The maximum absolute atomic E-state index is 12.8. The highest BCUT2D eigenvalue weighted by atomic mass is 19.4. The Kier molecular flexibility index (Phi) is 6.75. The molecule has 0 saturated heterocycles. The van der Waals surface area contributed by atoms with Crippen LogP contribution in [0.25, 0.3) is 0 Å². The van der Waals surface area contributed by atoms with Crippen LogP contribution in [-0.4, -0.2) is 42.8 Å². The number of hydrogen-bond donors (Lipinski definition) is 2. The summed E-state index contributed by atoms with van der Waals surface area (Å²) >= 11 is 0. The second kappa shape index (κ2) is 8.32. The molecule has 0 atom stereocenters. The highest BCUT2D eigenvalue weighted by Crippen LogP contribution is 2.34. The molecule has 0 fully saturated rings. The Hall–Kier alpha value is -2.58. The molecule has 0 aliphatic carbocycles. The molecule has 1 aromatic carbocycles. The molecule has 0 saturated carbocycles. The van der Waals surface area contributed by atoms with Gasteiger partial charge in [0.15, 0.2) is 0 Å². The van der Waals surface area contributed by atoms with Gasteiger partial charge in [-0.3, -0.25) is 14.4 Å². The highest BCUT2D eigenvalue weighted by molar-refractivity contribution is 5.95. The van der Waals surface area contributed by atoms with E-state index in [1.807, 2.05) is 0 Å². The first-order valence-electron chi connectivity index (χ1n) is 7.05. The molecule has 0 aliphatic heterocycles. The van der Waals surface area contributed by atoms with Crippen molar-refractivity contribution >= 4 is 23.4 Å². The number of benzene rings is 1. The molecule has 0 unspecified atom stereocenters. The highest BCUT2D eigenvalue weighted by Gasteiger charge is 2.33. The second-order valence-electron chi connectivity index (χ2n) is 5.07. The van der Waals surface area contributed by atoms with Crippen molar-refractivity contribution in [3.8, 4) is 0 Å². The first kappa shape index (κ1) is 19.5. The summed E-state index contributed by atoms with van der Waals surface area (Å²) < 4.78 is 38.5. The van der Waals surface area contributed by atoms with E-state index in [1.54, 1.807) is 0 Å². The largest absolute Gasteiger partial charge is 0.418 e. The Bertz CT molecular complexity index is 617. The number of hydrogen-bond acceptors (Lipinski definition) is 3. The van der Waals surface area contributed by atoms with Crippen molar-refractivity contribution in [1.82, 2.24) is 10.2 Å². The predicted octanol–water partition coefficient (Wildman–Crippen LogP) is 1.63. The van der Waals surface area contributed by atoms with Crippen LogP contribution >= 0.6 is 0 Å². The number of halogens is 3. The van der Waals surface area contributed by atoms with Crippen LogP contribution in [0.4, 0.5) is 18.9 Å². The Balaban J connectivity index is 2.60. The molecule has 0 bridgehead atoms.